The van der Waals surface area contributed by atoms with Gasteiger partial charge in [0.25, 0.3) is 0 Å². The second-order valence-corrected chi connectivity index (χ2v) is 9.27. The second kappa shape index (κ2) is 17.9. The Bertz CT molecular complexity index is 689. The van der Waals surface area contributed by atoms with Crippen LogP contribution in [0.3, 0.4) is 0 Å². The lowest BCUT2D eigenvalue weighted by Gasteiger charge is -2.23. The highest BCUT2D eigenvalue weighted by molar-refractivity contribution is 7.99. The fourth-order valence-corrected chi connectivity index (χ4v) is 4.57. The van der Waals surface area contributed by atoms with E-state index in [-0.39, 0.29) is 18.3 Å². The van der Waals surface area contributed by atoms with Crippen molar-refractivity contribution in [2.24, 2.45) is 0 Å². The fraction of sp³-hybridized carbons (Fsp3) is 0.577. The van der Waals surface area contributed by atoms with Gasteiger partial charge in [0.2, 0.25) is 0 Å². The minimum absolute atomic E-state index is 0.0439. The smallest absolute Gasteiger partial charge is 0.304 e. The molecule has 3 atom stereocenters. The fourth-order valence-electron chi connectivity index (χ4n) is 3.33. The Labute approximate surface area is 197 Å². The van der Waals surface area contributed by atoms with Crippen molar-refractivity contribution in [1.29, 1.82) is 0 Å². The molecule has 5 nitrogen and oxygen atoms in total. The Kier molecular flexibility index (Phi) is 15.9. The van der Waals surface area contributed by atoms with Crippen LogP contribution in [0.15, 0.2) is 42.5 Å². The third-order valence-corrected chi connectivity index (χ3v) is 6.52. The standard InChI is InChI=1S/C26H40O5S/c1-2-3-4-5-6-7-13-23(28)16-15-21-11-10-12-22(20-21)26(32-19-17-25(30)31)24(29)14-8-9-18-27/h6-7,10-12,15-16,20,23-24,26-29H,2-5,8-9,13-14,17-19H2,1H3,(H,30,31)/b7-6+,16-15+. The number of carboxylic acid groups (broad SMARTS) is 1. The van der Waals surface area contributed by atoms with Crippen molar-refractivity contribution in [1.82, 2.24) is 0 Å². The summed E-state index contributed by atoms with van der Waals surface area (Å²) >= 11 is 1.45. The summed E-state index contributed by atoms with van der Waals surface area (Å²) in [6, 6.07) is 7.79. The van der Waals surface area contributed by atoms with Gasteiger partial charge in [0, 0.05) is 12.4 Å². The van der Waals surface area contributed by atoms with E-state index in [1.807, 2.05) is 36.4 Å². The van der Waals surface area contributed by atoms with Crippen molar-refractivity contribution in [3.63, 3.8) is 0 Å². The predicted octanol–water partition coefficient (Wildman–Crippen LogP) is 5.36. The van der Waals surface area contributed by atoms with Crippen LogP contribution in [0.4, 0.5) is 0 Å². The zero-order valence-electron chi connectivity index (χ0n) is 19.2. The van der Waals surface area contributed by atoms with Gasteiger partial charge in [0.1, 0.15) is 0 Å². The largest absolute Gasteiger partial charge is 0.481 e. The number of carbonyl (C=O) groups is 1. The number of carboxylic acids is 1. The number of aliphatic hydroxyl groups is 3. The van der Waals surface area contributed by atoms with Crippen molar-refractivity contribution < 1.29 is 25.2 Å². The molecule has 0 aromatic heterocycles. The SMILES string of the molecule is CCCCC/C=C/CC(O)/C=C/c1cccc(C(SCCC(=O)O)C(O)CCCCO)c1. The van der Waals surface area contributed by atoms with Crippen molar-refractivity contribution in [3.8, 4) is 0 Å². The molecule has 0 heterocycles. The van der Waals surface area contributed by atoms with E-state index in [0.717, 1.165) is 17.5 Å². The molecule has 0 aliphatic carbocycles. The molecule has 6 heteroatoms. The van der Waals surface area contributed by atoms with Gasteiger partial charge in [-0.15, -0.1) is 0 Å². The average molecular weight is 465 g/mol. The number of hydrogen-bond acceptors (Lipinski definition) is 5. The molecular weight excluding hydrogens is 424 g/mol. The highest BCUT2D eigenvalue weighted by Crippen LogP contribution is 2.35. The minimum atomic E-state index is -0.851. The summed E-state index contributed by atoms with van der Waals surface area (Å²) in [6.45, 7) is 2.28. The molecule has 0 radical (unpaired) electrons. The van der Waals surface area contributed by atoms with Crippen molar-refractivity contribution in [2.45, 2.75) is 82.2 Å². The number of aliphatic hydroxyl groups excluding tert-OH is 3. The number of unbranched alkanes of at least 4 members (excludes halogenated alkanes) is 4. The first-order valence-electron chi connectivity index (χ1n) is 11.7. The first-order chi connectivity index (χ1) is 15.5. The van der Waals surface area contributed by atoms with Gasteiger partial charge in [-0.25, -0.2) is 0 Å². The molecule has 1 rings (SSSR count). The van der Waals surface area contributed by atoms with Gasteiger partial charge < -0.3 is 20.4 Å². The van der Waals surface area contributed by atoms with Gasteiger partial charge >= 0.3 is 5.97 Å². The van der Waals surface area contributed by atoms with E-state index in [0.29, 0.717) is 31.4 Å². The number of rotatable bonds is 18. The van der Waals surface area contributed by atoms with Gasteiger partial charge in [-0.3, -0.25) is 4.79 Å². The summed E-state index contributed by atoms with van der Waals surface area (Å²) < 4.78 is 0. The maximum atomic E-state index is 10.9. The highest BCUT2D eigenvalue weighted by Gasteiger charge is 2.22. The van der Waals surface area contributed by atoms with E-state index in [1.54, 1.807) is 6.08 Å². The van der Waals surface area contributed by atoms with Crippen LogP contribution in [0.2, 0.25) is 0 Å². The van der Waals surface area contributed by atoms with Gasteiger partial charge in [-0.2, -0.15) is 11.8 Å². The van der Waals surface area contributed by atoms with Crippen LogP contribution >= 0.6 is 11.8 Å². The molecule has 32 heavy (non-hydrogen) atoms. The molecule has 1 aromatic rings. The quantitative estimate of drug-likeness (QED) is 0.172. The maximum absolute atomic E-state index is 10.9. The third-order valence-electron chi connectivity index (χ3n) is 5.14. The molecule has 0 saturated heterocycles. The molecule has 180 valence electrons. The van der Waals surface area contributed by atoms with Gasteiger partial charge in [-0.1, -0.05) is 68.3 Å². The summed E-state index contributed by atoms with van der Waals surface area (Å²) in [5.74, 6) is -0.434. The lowest BCUT2D eigenvalue weighted by Crippen LogP contribution is -2.17. The van der Waals surface area contributed by atoms with Gasteiger partial charge in [0.15, 0.2) is 0 Å². The van der Waals surface area contributed by atoms with E-state index in [1.165, 1.54) is 31.0 Å². The Hall–Kier alpha value is -1.60. The molecule has 0 amide bonds. The third kappa shape index (κ3) is 13.1. The topological polar surface area (TPSA) is 98.0 Å². The zero-order chi connectivity index (χ0) is 23.6. The Balaban J connectivity index is 2.75. The highest BCUT2D eigenvalue weighted by atomic mass is 32.2. The summed E-state index contributed by atoms with van der Waals surface area (Å²) in [6.07, 6.45) is 13.8. The van der Waals surface area contributed by atoms with Crippen LogP contribution in [0.5, 0.6) is 0 Å². The van der Waals surface area contributed by atoms with E-state index in [2.05, 4.69) is 13.0 Å². The van der Waals surface area contributed by atoms with Crippen LogP contribution in [0.25, 0.3) is 6.08 Å². The number of aliphatic carboxylic acids is 1. The number of benzene rings is 1. The van der Waals surface area contributed by atoms with Crippen LogP contribution in [0.1, 0.15) is 81.1 Å². The van der Waals surface area contributed by atoms with Crippen LogP contribution in [-0.2, 0) is 4.79 Å². The predicted molar refractivity (Wildman–Crippen MR) is 134 cm³/mol. The van der Waals surface area contributed by atoms with E-state index in [4.69, 9.17) is 10.2 Å². The molecule has 0 aliphatic rings. The lowest BCUT2D eigenvalue weighted by molar-refractivity contribution is -0.136. The molecule has 1 aromatic carbocycles. The Morgan fingerprint density at radius 1 is 1.12 bits per heavy atom. The number of hydrogen-bond donors (Lipinski definition) is 4. The lowest BCUT2D eigenvalue weighted by atomic mass is 10.0. The molecule has 0 aliphatic heterocycles. The van der Waals surface area contributed by atoms with Crippen LogP contribution in [-0.4, -0.2) is 51.0 Å². The molecule has 0 saturated carbocycles. The Morgan fingerprint density at radius 3 is 2.66 bits per heavy atom. The van der Waals surface area contributed by atoms with Crippen LogP contribution < -0.4 is 0 Å². The minimum Gasteiger partial charge on any atom is -0.481 e. The van der Waals surface area contributed by atoms with Gasteiger partial charge in [-0.05, 0) is 49.7 Å². The summed E-state index contributed by atoms with van der Waals surface area (Å²) in [5.41, 5.74) is 1.87. The molecule has 4 N–H and O–H groups in total. The van der Waals surface area contributed by atoms with Gasteiger partial charge in [0.05, 0.1) is 23.9 Å². The summed E-state index contributed by atoms with van der Waals surface area (Å²) in [4.78, 5) is 10.9. The zero-order valence-corrected chi connectivity index (χ0v) is 20.1. The average Bonchev–Trinajstić information content (AvgIpc) is 2.77. The normalized spacial score (nSPS) is 14.8. The summed E-state index contributed by atoms with van der Waals surface area (Å²) in [7, 11) is 0. The molecule has 3 unspecified atom stereocenters. The van der Waals surface area contributed by atoms with E-state index >= 15 is 0 Å². The first kappa shape index (κ1) is 28.4. The maximum Gasteiger partial charge on any atom is 0.304 e. The monoisotopic (exact) mass is 464 g/mol. The molecule has 0 fully saturated rings. The van der Waals surface area contributed by atoms with E-state index in [9.17, 15) is 15.0 Å². The van der Waals surface area contributed by atoms with Crippen molar-refractivity contribution in [2.75, 3.05) is 12.4 Å². The second-order valence-electron chi connectivity index (χ2n) is 8.02. The molecule has 0 bridgehead atoms. The van der Waals surface area contributed by atoms with Crippen molar-refractivity contribution >= 4 is 23.8 Å². The molecule has 0 spiro atoms. The van der Waals surface area contributed by atoms with Crippen LogP contribution in [0, 0.1) is 0 Å². The molecular formula is C26H40O5S. The summed E-state index contributed by atoms with van der Waals surface area (Å²) in [5, 5.41) is 38.6. The first-order valence-corrected chi connectivity index (χ1v) is 12.8. The number of allylic oxidation sites excluding steroid dienone is 1. The van der Waals surface area contributed by atoms with Crippen molar-refractivity contribution in [3.05, 3.63) is 53.6 Å². The van der Waals surface area contributed by atoms with E-state index < -0.39 is 18.2 Å². The Morgan fingerprint density at radius 2 is 1.94 bits per heavy atom. The number of thioether (sulfide) groups is 1.